The van der Waals surface area contributed by atoms with Gasteiger partial charge in [-0.15, -0.1) is 0 Å². The highest BCUT2D eigenvalue weighted by Gasteiger charge is 2.42. The molecule has 2 fully saturated rings. The van der Waals surface area contributed by atoms with Gasteiger partial charge in [0.25, 0.3) is 0 Å². The van der Waals surface area contributed by atoms with Crippen molar-refractivity contribution in [3.8, 4) is 17.2 Å². The minimum atomic E-state index is -0.477. The Morgan fingerprint density at radius 3 is 2.72 bits per heavy atom. The average molecular weight is 620 g/mol. The van der Waals surface area contributed by atoms with Crippen molar-refractivity contribution in [2.75, 3.05) is 38.6 Å². The number of likely N-dealkylation sites (N-methyl/N-ethyl adjacent to an activating group) is 1. The lowest BCUT2D eigenvalue weighted by atomic mass is 9.90. The molecule has 2 aromatic heterocycles. The van der Waals surface area contributed by atoms with E-state index in [1.165, 1.54) is 0 Å². The Morgan fingerprint density at radius 2 is 1.98 bits per heavy atom. The average Bonchev–Trinajstić information content (AvgIpc) is 3.61. The highest BCUT2D eigenvalue weighted by Crippen LogP contribution is 2.46. The van der Waals surface area contributed by atoms with Gasteiger partial charge in [-0.1, -0.05) is 23.2 Å². The van der Waals surface area contributed by atoms with Crippen molar-refractivity contribution in [3.05, 3.63) is 50.9 Å². The van der Waals surface area contributed by atoms with Gasteiger partial charge in [0.2, 0.25) is 0 Å². The summed E-state index contributed by atoms with van der Waals surface area (Å²) in [5, 5.41) is 20.0. The smallest absolute Gasteiger partial charge is 0.158 e. The molecule has 2 aromatic carbocycles. The number of fused-ring (bicyclic) bond motifs is 4. The molecule has 43 heavy (non-hydrogen) atoms. The molecule has 11 heteroatoms. The van der Waals surface area contributed by atoms with Crippen molar-refractivity contribution in [2.24, 2.45) is 4.99 Å². The van der Waals surface area contributed by atoms with Gasteiger partial charge in [0, 0.05) is 46.9 Å². The third kappa shape index (κ3) is 4.41. The van der Waals surface area contributed by atoms with Gasteiger partial charge in [-0.25, -0.2) is 9.37 Å². The number of nitriles is 1. The number of aliphatic imine (C=N–C) groups is 1. The standard InChI is InChI=1S/C32H33Cl2FN8/c1-17-24(33)9-18-12-37-13-22(18)26(17)27-25(34)11-21-29(28(27)35)40-31(42-15-32(2,16-42)41(3)4)23-14-39-43(30(21)23)20-6-8-38-19(10-20)5-7-36/h9,11,13-14,19-20,38H,5-6,8,10,12,15-16H2,1-4H3/t19-,20+/m1/s1. The Labute approximate surface area is 260 Å². The molecule has 0 amide bonds. The summed E-state index contributed by atoms with van der Waals surface area (Å²) in [6, 6.07) is 6.15. The summed E-state index contributed by atoms with van der Waals surface area (Å²) in [4.78, 5) is 13.9. The zero-order valence-electron chi connectivity index (χ0n) is 24.7. The van der Waals surface area contributed by atoms with Crippen LogP contribution in [0.2, 0.25) is 10.0 Å². The van der Waals surface area contributed by atoms with Gasteiger partial charge in [-0.2, -0.15) is 10.4 Å². The van der Waals surface area contributed by atoms with Crippen LogP contribution in [0.1, 0.15) is 48.9 Å². The zero-order chi connectivity index (χ0) is 30.2. The minimum Gasteiger partial charge on any atom is -0.352 e. The molecule has 0 radical (unpaired) electrons. The molecule has 7 rings (SSSR count). The van der Waals surface area contributed by atoms with E-state index in [1.807, 2.05) is 29.9 Å². The van der Waals surface area contributed by atoms with Crippen LogP contribution in [0.3, 0.4) is 0 Å². The van der Waals surface area contributed by atoms with Crippen LogP contribution in [0.4, 0.5) is 10.2 Å². The molecule has 0 unspecified atom stereocenters. The van der Waals surface area contributed by atoms with E-state index in [0.29, 0.717) is 39.5 Å². The van der Waals surface area contributed by atoms with E-state index in [0.717, 1.165) is 65.9 Å². The van der Waals surface area contributed by atoms with Crippen LogP contribution in [0, 0.1) is 24.1 Å². The van der Waals surface area contributed by atoms with E-state index >= 15 is 4.39 Å². The summed E-state index contributed by atoms with van der Waals surface area (Å²) < 4.78 is 19.1. The second-order valence-electron chi connectivity index (χ2n) is 12.6. The highest BCUT2D eigenvalue weighted by atomic mass is 35.5. The monoisotopic (exact) mass is 618 g/mol. The lowest BCUT2D eigenvalue weighted by molar-refractivity contribution is 0.133. The zero-order valence-corrected chi connectivity index (χ0v) is 26.2. The Balaban J connectivity index is 1.48. The number of aromatic nitrogens is 3. The van der Waals surface area contributed by atoms with Crippen molar-refractivity contribution < 1.29 is 4.39 Å². The molecule has 1 N–H and O–H groups in total. The molecule has 5 heterocycles. The first-order valence-electron chi connectivity index (χ1n) is 14.6. The summed E-state index contributed by atoms with van der Waals surface area (Å²) in [7, 11) is 4.16. The SMILES string of the molecule is Cc1c(Cl)cc2c(c1-c1c(Cl)cc3c(nc(N4CC(C)(N(C)C)C4)c4cnn([C@H]5CCN[C@H](CC#N)C5)c43)c1F)C=NC2. The van der Waals surface area contributed by atoms with Gasteiger partial charge in [0.15, 0.2) is 5.82 Å². The number of halogens is 3. The number of benzene rings is 2. The van der Waals surface area contributed by atoms with Crippen molar-refractivity contribution >= 4 is 57.0 Å². The maximum absolute atomic E-state index is 17.1. The van der Waals surface area contributed by atoms with E-state index < -0.39 is 5.82 Å². The molecule has 4 aromatic rings. The molecular weight excluding hydrogens is 586 g/mol. The van der Waals surface area contributed by atoms with Gasteiger partial charge >= 0.3 is 0 Å². The number of piperidine rings is 1. The summed E-state index contributed by atoms with van der Waals surface area (Å²) in [6.45, 7) is 6.91. The molecule has 2 saturated heterocycles. The second-order valence-corrected chi connectivity index (χ2v) is 13.4. The number of nitrogens with one attached hydrogen (secondary N) is 1. The van der Waals surface area contributed by atoms with E-state index in [2.05, 4.69) is 47.2 Å². The Bertz CT molecular complexity index is 1870. The van der Waals surface area contributed by atoms with Crippen LogP contribution in [-0.2, 0) is 6.54 Å². The van der Waals surface area contributed by atoms with Crippen molar-refractivity contribution in [1.82, 2.24) is 25.0 Å². The number of hydrogen-bond acceptors (Lipinski definition) is 7. The first-order valence-corrected chi connectivity index (χ1v) is 15.4. The second kappa shape index (κ2) is 10.4. The van der Waals surface area contributed by atoms with Crippen molar-refractivity contribution in [2.45, 2.75) is 57.3 Å². The lowest BCUT2D eigenvalue weighted by Gasteiger charge is -2.52. The number of pyridine rings is 1. The maximum Gasteiger partial charge on any atom is 0.158 e. The molecule has 0 saturated carbocycles. The minimum absolute atomic E-state index is 0.0139. The van der Waals surface area contributed by atoms with E-state index in [1.54, 1.807) is 6.21 Å². The Kier molecular flexibility index (Phi) is 6.90. The molecule has 0 bridgehead atoms. The number of anilines is 1. The van der Waals surface area contributed by atoms with Crippen LogP contribution < -0.4 is 10.2 Å². The fourth-order valence-electron chi connectivity index (χ4n) is 6.94. The van der Waals surface area contributed by atoms with Gasteiger partial charge in [-0.3, -0.25) is 9.67 Å². The molecule has 3 aliphatic rings. The molecule has 3 aliphatic heterocycles. The quantitative estimate of drug-likeness (QED) is 0.283. The first kappa shape index (κ1) is 28.5. The first-order chi connectivity index (χ1) is 20.6. The molecule has 222 valence electrons. The van der Waals surface area contributed by atoms with Gasteiger partial charge in [0.1, 0.15) is 11.3 Å². The highest BCUT2D eigenvalue weighted by molar-refractivity contribution is 6.36. The third-order valence-corrected chi connectivity index (χ3v) is 10.4. The van der Waals surface area contributed by atoms with Crippen molar-refractivity contribution in [3.63, 3.8) is 0 Å². The summed E-state index contributed by atoms with van der Waals surface area (Å²) >= 11 is 13.6. The lowest BCUT2D eigenvalue weighted by Crippen LogP contribution is -2.67. The normalized spacial score (nSPS) is 21.0. The number of hydrogen-bond donors (Lipinski definition) is 1. The topological polar surface area (TPSA) is 85.4 Å². The van der Waals surface area contributed by atoms with Gasteiger partial charge in [-0.05, 0) is 76.2 Å². The third-order valence-electron chi connectivity index (χ3n) is 9.68. The predicted octanol–water partition coefficient (Wildman–Crippen LogP) is 6.29. The van der Waals surface area contributed by atoms with Crippen LogP contribution in [-0.4, -0.2) is 71.2 Å². The summed E-state index contributed by atoms with van der Waals surface area (Å²) in [5.41, 5.74) is 4.56. The predicted molar refractivity (Wildman–Crippen MR) is 171 cm³/mol. The molecular formula is C32H33Cl2FN8. The van der Waals surface area contributed by atoms with Crippen LogP contribution in [0.25, 0.3) is 32.9 Å². The van der Waals surface area contributed by atoms with Crippen LogP contribution >= 0.6 is 23.2 Å². The number of rotatable bonds is 5. The van der Waals surface area contributed by atoms with Crippen LogP contribution in [0.5, 0.6) is 0 Å². The van der Waals surface area contributed by atoms with Crippen LogP contribution in [0.15, 0.2) is 23.3 Å². The maximum atomic E-state index is 17.1. The Morgan fingerprint density at radius 1 is 1.19 bits per heavy atom. The van der Waals surface area contributed by atoms with Gasteiger partial charge in [0.05, 0.1) is 52.7 Å². The van der Waals surface area contributed by atoms with E-state index in [4.69, 9.17) is 33.3 Å². The largest absolute Gasteiger partial charge is 0.352 e. The van der Waals surface area contributed by atoms with Crippen molar-refractivity contribution in [1.29, 1.82) is 5.26 Å². The van der Waals surface area contributed by atoms with Gasteiger partial charge < -0.3 is 15.1 Å². The summed E-state index contributed by atoms with van der Waals surface area (Å²) in [5.74, 6) is 0.243. The molecule has 0 spiro atoms. The molecule has 8 nitrogen and oxygen atoms in total. The molecule has 0 aliphatic carbocycles. The molecule has 2 atom stereocenters. The fourth-order valence-corrected chi connectivity index (χ4v) is 7.46. The summed E-state index contributed by atoms with van der Waals surface area (Å²) in [6.07, 6.45) is 5.67. The fraction of sp³-hybridized carbons (Fsp3) is 0.438. The Hall–Kier alpha value is -3.29. The van der Waals surface area contributed by atoms with E-state index in [9.17, 15) is 5.26 Å². The van der Waals surface area contributed by atoms with E-state index in [-0.39, 0.29) is 23.1 Å². The number of nitrogens with zero attached hydrogens (tertiary/aromatic N) is 7.